The number of nitrogens with one attached hydrogen (secondary N) is 1. The van der Waals surface area contributed by atoms with Crippen molar-refractivity contribution in [3.05, 3.63) is 0 Å². The van der Waals surface area contributed by atoms with Crippen molar-refractivity contribution in [2.24, 2.45) is 0 Å². The van der Waals surface area contributed by atoms with Gasteiger partial charge in [-0.25, -0.2) is 13.1 Å². The number of rotatable bonds is 7. The third-order valence-electron chi connectivity index (χ3n) is 1.65. The Morgan fingerprint density at radius 2 is 2.21 bits per heavy atom. The van der Waals surface area contributed by atoms with Gasteiger partial charge in [0.2, 0.25) is 10.0 Å². The van der Waals surface area contributed by atoms with Crippen LogP contribution in [-0.4, -0.2) is 26.1 Å². The Kier molecular flexibility index (Phi) is 6.98. The first-order valence-electron chi connectivity index (χ1n) is 4.57. The van der Waals surface area contributed by atoms with E-state index in [1.165, 1.54) is 0 Å². The molecule has 0 aliphatic carbocycles. The van der Waals surface area contributed by atoms with Crippen LogP contribution in [0.25, 0.3) is 0 Å². The van der Waals surface area contributed by atoms with E-state index in [0.717, 1.165) is 6.42 Å². The number of hydrogen-bond acceptors (Lipinski definition) is 2. The van der Waals surface area contributed by atoms with Crippen molar-refractivity contribution in [3.8, 4) is 12.3 Å². The summed E-state index contributed by atoms with van der Waals surface area (Å²) in [6, 6.07) is -0.389. The van der Waals surface area contributed by atoms with Gasteiger partial charge in [0.05, 0.1) is 11.8 Å². The van der Waals surface area contributed by atoms with Crippen LogP contribution in [0.3, 0.4) is 0 Å². The molecular weight excluding hydrogens is 222 g/mol. The molecule has 0 saturated heterocycles. The number of hydrogen-bond donors (Lipinski definition) is 1. The first kappa shape index (κ1) is 13.8. The molecule has 0 aromatic rings. The average molecular weight is 238 g/mol. The van der Waals surface area contributed by atoms with Gasteiger partial charge in [-0.2, -0.15) is 0 Å². The number of sulfonamides is 1. The summed E-state index contributed by atoms with van der Waals surface area (Å²) in [6.45, 7) is 1.96. The summed E-state index contributed by atoms with van der Waals surface area (Å²) in [5, 5.41) is 0. The topological polar surface area (TPSA) is 46.2 Å². The lowest BCUT2D eigenvalue weighted by atomic mass is 10.2. The monoisotopic (exact) mass is 237 g/mol. The summed E-state index contributed by atoms with van der Waals surface area (Å²) < 4.78 is 25.2. The van der Waals surface area contributed by atoms with Gasteiger partial charge in [-0.3, -0.25) is 0 Å². The summed E-state index contributed by atoms with van der Waals surface area (Å²) in [6.07, 6.45) is 7.15. The van der Waals surface area contributed by atoms with Crippen molar-refractivity contribution in [2.45, 2.75) is 32.2 Å². The van der Waals surface area contributed by atoms with Gasteiger partial charge in [0.1, 0.15) is 0 Å². The molecule has 0 fully saturated rings. The molecule has 5 heteroatoms. The molecule has 3 nitrogen and oxygen atoms in total. The molecule has 0 aliphatic heterocycles. The highest BCUT2D eigenvalue weighted by Gasteiger charge is 2.14. The maximum atomic E-state index is 11.4. The first-order chi connectivity index (χ1) is 6.55. The third-order valence-corrected chi connectivity index (χ3v) is 3.38. The highest BCUT2D eigenvalue weighted by molar-refractivity contribution is 7.89. The van der Waals surface area contributed by atoms with E-state index in [9.17, 15) is 8.42 Å². The van der Waals surface area contributed by atoms with Gasteiger partial charge in [-0.1, -0.05) is 19.3 Å². The van der Waals surface area contributed by atoms with Gasteiger partial charge in [0.25, 0.3) is 0 Å². The van der Waals surface area contributed by atoms with Crippen LogP contribution in [0.2, 0.25) is 0 Å². The van der Waals surface area contributed by atoms with Crippen molar-refractivity contribution in [2.75, 3.05) is 11.6 Å². The fraction of sp³-hybridized carbons (Fsp3) is 0.778. The second-order valence-electron chi connectivity index (χ2n) is 2.99. The van der Waals surface area contributed by atoms with Crippen LogP contribution in [-0.2, 0) is 10.0 Å². The highest BCUT2D eigenvalue weighted by Crippen LogP contribution is 1.99. The average Bonchev–Trinajstić information content (AvgIpc) is 2.14. The third kappa shape index (κ3) is 6.25. The molecule has 0 aromatic heterocycles. The SMILES string of the molecule is C#CC(CCC)NS(=O)(=O)CCCCl. The normalized spacial score (nSPS) is 13.5. The number of alkyl halides is 1. The van der Waals surface area contributed by atoms with Crippen LogP contribution < -0.4 is 4.72 Å². The van der Waals surface area contributed by atoms with E-state index in [-0.39, 0.29) is 11.8 Å². The molecule has 82 valence electrons. The second-order valence-corrected chi connectivity index (χ2v) is 5.24. The standard InChI is InChI=1S/C9H16ClNO2S/c1-3-6-9(4-2)11-14(12,13)8-5-7-10/h2,9,11H,3,5-8H2,1H3. The van der Waals surface area contributed by atoms with E-state index >= 15 is 0 Å². The summed E-state index contributed by atoms with van der Waals surface area (Å²) >= 11 is 5.41. The minimum Gasteiger partial charge on any atom is -0.212 e. The van der Waals surface area contributed by atoms with Crippen LogP contribution in [0.4, 0.5) is 0 Å². The second kappa shape index (κ2) is 7.10. The lowest BCUT2D eigenvalue weighted by Gasteiger charge is -2.11. The van der Waals surface area contributed by atoms with Gasteiger partial charge in [0.15, 0.2) is 0 Å². The van der Waals surface area contributed by atoms with Crippen LogP contribution in [0.5, 0.6) is 0 Å². The van der Waals surface area contributed by atoms with Gasteiger partial charge in [0, 0.05) is 5.88 Å². The Balaban J connectivity index is 4.13. The highest BCUT2D eigenvalue weighted by atomic mass is 35.5. The molecule has 0 bridgehead atoms. The largest absolute Gasteiger partial charge is 0.212 e. The van der Waals surface area contributed by atoms with Crippen LogP contribution >= 0.6 is 11.6 Å². The lowest BCUT2D eigenvalue weighted by molar-refractivity contribution is 0.563. The minimum absolute atomic E-state index is 0.0401. The Morgan fingerprint density at radius 1 is 1.57 bits per heavy atom. The zero-order chi connectivity index (χ0) is 11.0. The zero-order valence-electron chi connectivity index (χ0n) is 8.29. The molecule has 1 atom stereocenters. The van der Waals surface area contributed by atoms with E-state index in [4.69, 9.17) is 18.0 Å². The maximum Gasteiger partial charge on any atom is 0.212 e. The Labute approximate surface area is 91.3 Å². The molecule has 0 rings (SSSR count). The number of terminal acetylenes is 1. The summed E-state index contributed by atoms with van der Waals surface area (Å²) in [5.41, 5.74) is 0. The van der Waals surface area contributed by atoms with Crippen molar-refractivity contribution in [1.29, 1.82) is 0 Å². The molecule has 1 unspecified atom stereocenters. The zero-order valence-corrected chi connectivity index (χ0v) is 9.87. The van der Waals surface area contributed by atoms with E-state index in [0.29, 0.717) is 18.7 Å². The van der Waals surface area contributed by atoms with Gasteiger partial charge >= 0.3 is 0 Å². The van der Waals surface area contributed by atoms with Crippen molar-refractivity contribution in [3.63, 3.8) is 0 Å². The van der Waals surface area contributed by atoms with Crippen molar-refractivity contribution in [1.82, 2.24) is 4.72 Å². The number of halogens is 1. The smallest absolute Gasteiger partial charge is 0.212 e. The lowest BCUT2D eigenvalue weighted by Crippen LogP contribution is -2.35. The quantitative estimate of drug-likeness (QED) is 0.537. The van der Waals surface area contributed by atoms with E-state index in [2.05, 4.69) is 10.6 Å². The molecule has 0 spiro atoms. The Morgan fingerprint density at radius 3 is 2.64 bits per heavy atom. The maximum absolute atomic E-state index is 11.4. The van der Waals surface area contributed by atoms with Crippen LogP contribution in [0.15, 0.2) is 0 Å². The van der Waals surface area contributed by atoms with Gasteiger partial charge < -0.3 is 0 Å². The summed E-state index contributed by atoms with van der Waals surface area (Å²) in [4.78, 5) is 0. The molecule has 1 N–H and O–H groups in total. The predicted octanol–water partition coefficient (Wildman–Crippen LogP) is 1.34. The molecule has 0 heterocycles. The predicted molar refractivity (Wildman–Crippen MR) is 59.8 cm³/mol. The van der Waals surface area contributed by atoms with E-state index < -0.39 is 10.0 Å². The summed E-state index contributed by atoms with van der Waals surface area (Å²) in [7, 11) is -3.25. The van der Waals surface area contributed by atoms with Gasteiger partial charge in [-0.15, -0.1) is 18.0 Å². The van der Waals surface area contributed by atoms with E-state index in [1.807, 2.05) is 6.92 Å². The van der Waals surface area contributed by atoms with E-state index in [1.54, 1.807) is 0 Å². The molecular formula is C9H16ClNO2S. The minimum atomic E-state index is -3.25. The molecule has 0 saturated carbocycles. The summed E-state index contributed by atoms with van der Waals surface area (Å²) in [5.74, 6) is 2.79. The molecule has 14 heavy (non-hydrogen) atoms. The Bertz CT molecular complexity index is 282. The van der Waals surface area contributed by atoms with Crippen molar-refractivity contribution >= 4 is 21.6 Å². The van der Waals surface area contributed by atoms with Crippen LogP contribution in [0.1, 0.15) is 26.2 Å². The van der Waals surface area contributed by atoms with Crippen LogP contribution in [0, 0.1) is 12.3 Å². The molecule has 0 aromatic carbocycles. The Hall–Kier alpha value is -0.240. The fourth-order valence-corrected chi connectivity index (χ4v) is 2.54. The first-order valence-corrected chi connectivity index (χ1v) is 6.76. The van der Waals surface area contributed by atoms with Gasteiger partial charge in [-0.05, 0) is 12.8 Å². The molecule has 0 amide bonds. The molecule has 0 radical (unpaired) electrons. The fourth-order valence-electron chi connectivity index (χ4n) is 0.985. The molecule has 0 aliphatic rings. The van der Waals surface area contributed by atoms with Crippen molar-refractivity contribution < 1.29 is 8.42 Å².